The van der Waals surface area contributed by atoms with Crippen molar-refractivity contribution in [1.82, 2.24) is 35.2 Å². The number of carbonyl (C=O) groups is 2. The third kappa shape index (κ3) is 5.97. The van der Waals surface area contributed by atoms with Crippen LogP contribution < -0.4 is 11.1 Å². The number of aromatic nitrogens is 3. The van der Waals surface area contributed by atoms with Crippen molar-refractivity contribution in [2.75, 3.05) is 39.8 Å². The molecule has 0 atom stereocenters. The fraction of sp³-hybridized carbons (Fsp3) is 0.643. The molecule has 0 spiro atoms. The normalized spacial score (nSPS) is 15.2. The molecule has 1 aliphatic rings. The number of rotatable bonds is 8. The highest BCUT2D eigenvalue weighted by atomic mass is 16.4. The molecule has 0 radical (unpaired) electrons. The summed E-state index contributed by atoms with van der Waals surface area (Å²) >= 11 is 0. The molecule has 1 aliphatic heterocycles. The lowest BCUT2D eigenvalue weighted by molar-refractivity contribution is -0.136. The zero-order chi connectivity index (χ0) is 19.1. The van der Waals surface area contributed by atoms with Crippen LogP contribution in [0.5, 0.6) is 0 Å². The molecule has 2 heterocycles. The fourth-order valence-electron chi connectivity index (χ4n) is 2.61. The number of carbonyl (C=O) groups excluding carboxylic acids is 1. The molecule has 12 heteroatoms. The topological polar surface area (TPSA) is 157 Å². The third-order valence-corrected chi connectivity index (χ3v) is 4.02. The number of aliphatic carboxylic acids is 1. The largest absolute Gasteiger partial charge is 0.481 e. The van der Waals surface area contributed by atoms with Gasteiger partial charge >= 0.3 is 5.97 Å². The van der Waals surface area contributed by atoms with Gasteiger partial charge in [-0.1, -0.05) is 5.21 Å². The summed E-state index contributed by atoms with van der Waals surface area (Å²) < 4.78 is 1.42. The highest BCUT2D eigenvalue weighted by molar-refractivity contribution is 5.76. The Morgan fingerprint density at radius 2 is 2.08 bits per heavy atom. The Balaban J connectivity index is 1.76. The van der Waals surface area contributed by atoms with E-state index >= 15 is 0 Å². The minimum atomic E-state index is -0.958. The van der Waals surface area contributed by atoms with Gasteiger partial charge in [0, 0.05) is 39.8 Å². The maximum Gasteiger partial charge on any atom is 0.305 e. The number of hydrazine groups is 1. The average Bonchev–Trinajstić information content (AvgIpc) is 3.01. The minimum absolute atomic E-state index is 0.00633. The van der Waals surface area contributed by atoms with Crippen LogP contribution in [0.2, 0.25) is 0 Å². The van der Waals surface area contributed by atoms with Gasteiger partial charge in [-0.25, -0.2) is 14.7 Å². The maximum atomic E-state index is 11.7. The number of hydrogen-bond acceptors (Lipinski definition) is 7. The molecule has 0 bridgehead atoms. The van der Waals surface area contributed by atoms with Gasteiger partial charge in [-0.15, -0.1) is 5.10 Å². The predicted molar refractivity (Wildman–Crippen MR) is 91.8 cm³/mol. The van der Waals surface area contributed by atoms with Crippen molar-refractivity contribution in [2.24, 2.45) is 5.73 Å². The Kier molecular flexibility index (Phi) is 6.86. The van der Waals surface area contributed by atoms with Crippen LogP contribution in [0.25, 0.3) is 0 Å². The highest BCUT2D eigenvalue weighted by Crippen LogP contribution is 2.07. The van der Waals surface area contributed by atoms with Gasteiger partial charge in [-0.05, 0) is 0 Å². The number of nitrogens with zero attached hydrogens (tertiary/aromatic N) is 6. The molecule has 0 aliphatic carbocycles. The van der Waals surface area contributed by atoms with Crippen LogP contribution in [-0.4, -0.2) is 92.6 Å². The van der Waals surface area contributed by atoms with E-state index in [4.69, 9.17) is 16.2 Å². The summed E-state index contributed by atoms with van der Waals surface area (Å²) in [5.41, 5.74) is 6.22. The molecular formula is C14H25N9O3. The van der Waals surface area contributed by atoms with Crippen molar-refractivity contribution in [3.63, 3.8) is 0 Å². The summed E-state index contributed by atoms with van der Waals surface area (Å²) in [4.78, 5) is 24.0. The number of guanidine groups is 1. The maximum absolute atomic E-state index is 11.7. The molecule has 1 amide bonds. The monoisotopic (exact) mass is 367 g/mol. The summed E-state index contributed by atoms with van der Waals surface area (Å²) in [7, 11) is 1.95. The molecular weight excluding hydrogens is 342 g/mol. The Morgan fingerprint density at radius 3 is 2.69 bits per heavy atom. The minimum Gasteiger partial charge on any atom is -0.481 e. The van der Waals surface area contributed by atoms with Gasteiger partial charge in [0.25, 0.3) is 0 Å². The summed E-state index contributed by atoms with van der Waals surface area (Å²) in [6, 6.07) is 0. The molecule has 0 aromatic carbocycles. The van der Waals surface area contributed by atoms with Crippen molar-refractivity contribution in [1.29, 1.82) is 5.41 Å². The van der Waals surface area contributed by atoms with Crippen LogP contribution in [0, 0.1) is 5.41 Å². The molecule has 144 valence electrons. The van der Waals surface area contributed by atoms with E-state index < -0.39 is 5.97 Å². The average molecular weight is 367 g/mol. The fourth-order valence-corrected chi connectivity index (χ4v) is 2.61. The van der Waals surface area contributed by atoms with E-state index in [1.54, 1.807) is 6.20 Å². The van der Waals surface area contributed by atoms with Crippen LogP contribution >= 0.6 is 0 Å². The molecule has 0 unspecified atom stereocenters. The molecule has 5 N–H and O–H groups in total. The van der Waals surface area contributed by atoms with E-state index in [0.29, 0.717) is 19.6 Å². The second kappa shape index (κ2) is 9.10. The Labute approximate surface area is 151 Å². The van der Waals surface area contributed by atoms with E-state index in [1.807, 2.05) is 17.0 Å². The van der Waals surface area contributed by atoms with Gasteiger partial charge in [-0.3, -0.25) is 15.0 Å². The van der Waals surface area contributed by atoms with Crippen molar-refractivity contribution >= 4 is 17.8 Å². The highest BCUT2D eigenvalue weighted by Gasteiger charge is 2.21. The first-order valence-corrected chi connectivity index (χ1v) is 8.27. The van der Waals surface area contributed by atoms with E-state index in [1.165, 1.54) is 4.68 Å². The third-order valence-electron chi connectivity index (χ3n) is 4.02. The van der Waals surface area contributed by atoms with Gasteiger partial charge in [0.15, 0.2) is 5.96 Å². The van der Waals surface area contributed by atoms with E-state index in [0.717, 1.165) is 18.8 Å². The van der Waals surface area contributed by atoms with Crippen LogP contribution in [0.1, 0.15) is 12.1 Å². The zero-order valence-electron chi connectivity index (χ0n) is 14.8. The predicted octanol–water partition coefficient (Wildman–Crippen LogP) is -2.27. The SMILES string of the molecule is CN(Cc1cn(CC(=O)NCCC(=O)O)nn1)N1CCN(C(=N)N)CC1. The van der Waals surface area contributed by atoms with E-state index in [2.05, 4.69) is 20.6 Å². The lowest BCUT2D eigenvalue weighted by atomic mass is 10.3. The van der Waals surface area contributed by atoms with Crippen molar-refractivity contribution in [3.8, 4) is 0 Å². The van der Waals surface area contributed by atoms with Crippen LogP contribution in [0.15, 0.2) is 6.20 Å². The van der Waals surface area contributed by atoms with Gasteiger partial charge in [-0.2, -0.15) is 0 Å². The van der Waals surface area contributed by atoms with Crippen LogP contribution in [0.4, 0.5) is 0 Å². The Morgan fingerprint density at radius 1 is 1.38 bits per heavy atom. The van der Waals surface area contributed by atoms with Crippen molar-refractivity contribution < 1.29 is 14.7 Å². The van der Waals surface area contributed by atoms with E-state index in [-0.39, 0.29) is 31.4 Å². The summed E-state index contributed by atoms with van der Waals surface area (Å²) in [6.07, 6.45) is 1.58. The molecule has 12 nitrogen and oxygen atoms in total. The number of hydrogen-bond donors (Lipinski definition) is 4. The molecule has 26 heavy (non-hydrogen) atoms. The molecule has 2 rings (SSSR count). The second-order valence-electron chi connectivity index (χ2n) is 6.04. The van der Waals surface area contributed by atoms with Gasteiger partial charge in [0.05, 0.1) is 24.9 Å². The van der Waals surface area contributed by atoms with Gasteiger partial charge in [0.1, 0.15) is 6.54 Å². The molecule has 1 fully saturated rings. The van der Waals surface area contributed by atoms with Gasteiger partial charge < -0.3 is 21.1 Å². The first kappa shape index (κ1) is 19.6. The molecule has 1 aromatic rings. The summed E-state index contributed by atoms with van der Waals surface area (Å²) in [5, 5.41) is 30.7. The lowest BCUT2D eigenvalue weighted by Gasteiger charge is -2.39. The second-order valence-corrected chi connectivity index (χ2v) is 6.04. The first-order chi connectivity index (χ1) is 12.3. The molecule has 1 aromatic heterocycles. The van der Waals surface area contributed by atoms with Crippen LogP contribution in [0.3, 0.4) is 0 Å². The van der Waals surface area contributed by atoms with Crippen LogP contribution in [-0.2, 0) is 22.7 Å². The number of carboxylic acid groups (broad SMARTS) is 1. The smallest absolute Gasteiger partial charge is 0.305 e. The van der Waals surface area contributed by atoms with Crippen molar-refractivity contribution in [3.05, 3.63) is 11.9 Å². The lowest BCUT2D eigenvalue weighted by Crippen LogP contribution is -2.54. The molecule has 0 saturated carbocycles. The number of amides is 1. The number of piperazine rings is 1. The summed E-state index contributed by atoms with van der Waals surface area (Å²) in [5.74, 6) is -1.17. The Bertz CT molecular complexity index is 639. The molecule has 1 saturated heterocycles. The first-order valence-electron chi connectivity index (χ1n) is 8.27. The number of carboxylic acids is 1. The van der Waals surface area contributed by atoms with E-state index in [9.17, 15) is 9.59 Å². The quantitative estimate of drug-likeness (QED) is 0.294. The standard InChI is InChI=1S/C14H25N9O3/c1-20(23-6-4-21(5-7-23)14(15)16)8-11-9-22(19-18-11)10-12(24)17-3-2-13(25)26/h9H,2-8,10H2,1H3,(H3,15,16)(H,17,24)(H,25,26). The van der Waals surface area contributed by atoms with Gasteiger partial charge in [0.2, 0.25) is 5.91 Å². The number of nitrogens with two attached hydrogens (primary N) is 1. The van der Waals surface area contributed by atoms with Crippen molar-refractivity contribution in [2.45, 2.75) is 19.5 Å². The summed E-state index contributed by atoms with van der Waals surface area (Å²) in [6.45, 7) is 3.54. The zero-order valence-corrected chi connectivity index (χ0v) is 14.8. The Hall–Kier alpha value is -2.73. The number of nitrogens with one attached hydrogen (secondary N) is 2.